The summed E-state index contributed by atoms with van der Waals surface area (Å²) >= 11 is 0. The van der Waals surface area contributed by atoms with Crippen molar-refractivity contribution in [1.82, 2.24) is 5.48 Å². The van der Waals surface area contributed by atoms with Crippen molar-refractivity contribution in [1.29, 1.82) is 5.26 Å². The van der Waals surface area contributed by atoms with Crippen LogP contribution in [0.2, 0.25) is 0 Å². The Hall–Kier alpha value is -2.38. The lowest BCUT2D eigenvalue weighted by Gasteiger charge is -2.12. The Morgan fingerprint density at radius 1 is 1.14 bits per heavy atom. The number of fused-ring (bicyclic) bond motifs is 1. The fourth-order valence-electron chi connectivity index (χ4n) is 2.71. The van der Waals surface area contributed by atoms with Gasteiger partial charge in [0.15, 0.2) is 0 Å². The lowest BCUT2D eigenvalue weighted by Crippen LogP contribution is -2.17. The van der Waals surface area contributed by atoms with Gasteiger partial charge in [-0.25, -0.2) is 5.48 Å². The normalized spacial score (nSPS) is 11.8. The smallest absolute Gasteiger partial charge is 0.243 e. The van der Waals surface area contributed by atoms with Crippen molar-refractivity contribution in [3.05, 3.63) is 48.0 Å². The summed E-state index contributed by atoms with van der Waals surface area (Å²) in [6.07, 6.45) is 3.59. The summed E-state index contributed by atoms with van der Waals surface area (Å²) in [6.45, 7) is 0. The van der Waals surface area contributed by atoms with Gasteiger partial charge < -0.3 is 0 Å². The number of unbranched alkanes of at least 4 members (excludes halogenated alkanes) is 2. The van der Waals surface area contributed by atoms with Crippen molar-refractivity contribution < 1.29 is 10.0 Å². The van der Waals surface area contributed by atoms with Crippen molar-refractivity contribution in [3.8, 4) is 6.07 Å². The molecular formula is C18H20N2O2. The van der Waals surface area contributed by atoms with Crippen LogP contribution in [0.3, 0.4) is 0 Å². The molecule has 0 spiro atoms. The molecule has 1 amide bonds. The summed E-state index contributed by atoms with van der Waals surface area (Å²) in [5, 5.41) is 20.2. The molecule has 0 heterocycles. The molecular weight excluding hydrogens is 276 g/mol. The first-order valence-corrected chi connectivity index (χ1v) is 7.56. The highest BCUT2D eigenvalue weighted by Crippen LogP contribution is 2.29. The van der Waals surface area contributed by atoms with E-state index in [0.29, 0.717) is 6.42 Å². The SMILES string of the molecule is N#CC(CCCCCC(=O)NO)c1cccc2ccccc12. The molecule has 0 fully saturated rings. The van der Waals surface area contributed by atoms with Gasteiger partial charge in [-0.15, -0.1) is 0 Å². The maximum Gasteiger partial charge on any atom is 0.243 e. The molecule has 0 aliphatic carbocycles. The van der Waals surface area contributed by atoms with E-state index in [1.54, 1.807) is 5.48 Å². The van der Waals surface area contributed by atoms with Crippen LogP contribution in [0.5, 0.6) is 0 Å². The van der Waals surface area contributed by atoms with E-state index in [1.165, 1.54) is 0 Å². The second kappa shape index (κ2) is 8.16. The zero-order valence-electron chi connectivity index (χ0n) is 12.5. The molecule has 2 rings (SSSR count). The molecule has 1 atom stereocenters. The number of carbonyl (C=O) groups is 1. The highest BCUT2D eigenvalue weighted by molar-refractivity contribution is 5.86. The number of nitrogens with zero attached hydrogens (tertiary/aromatic N) is 1. The molecule has 0 saturated carbocycles. The van der Waals surface area contributed by atoms with Crippen molar-refractivity contribution in [2.45, 2.75) is 38.0 Å². The number of amides is 1. The van der Waals surface area contributed by atoms with E-state index in [-0.39, 0.29) is 11.8 Å². The highest BCUT2D eigenvalue weighted by atomic mass is 16.5. The minimum Gasteiger partial charge on any atom is -0.289 e. The Morgan fingerprint density at radius 2 is 1.91 bits per heavy atom. The van der Waals surface area contributed by atoms with E-state index in [0.717, 1.165) is 42.0 Å². The molecule has 2 aromatic rings. The number of hydrogen-bond acceptors (Lipinski definition) is 3. The summed E-state index contributed by atoms with van der Waals surface area (Å²) in [6, 6.07) is 16.6. The molecule has 0 saturated heterocycles. The summed E-state index contributed by atoms with van der Waals surface area (Å²) < 4.78 is 0. The van der Waals surface area contributed by atoms with Gasteiger partial charge in [0.1, 0.15) is 0 Å². The molecule has 0 bridgehead atoms. The third-order valence-corrected chi connectivity index (χ3v) is 3.88. The van der Waals surface area contributed by atoms with E-state index in [2.05, 4.69) is 24.3 Å². The maximum atomic E-state index is 10.9. The Labute approximate surface area is 130 Å². The van der Waals surface area contributed by atoms with E-state index < -0.39 is 0 Å². The van der Waals surface area contributed by atoms with Crippen molar-refractivity contribution in [2.24, 2.45) is 0 Å². The Kier molecular flexibility index (Phi) is 5.93. The molecule has 2 N–H and O–H groups in total. The summed E-state index contributed by atoms with van der Waals surface area (Å²) in [7, 11) is 0. The number of hydrogen-bond donors (Lipinski definition) is 2. The van der Waals surface area contributed by atoms with Crippen LogP contribution in [0.15, 0.2) is 42.5 Å². The Bertz CT molecular complexity index is 671. The minimum atomic E-state index is -0.356. The van der Waals surface area contributed by atoms with Crippen LogP contribution >= 0.6 is 0 Å². The second-order valence-electron chi connectivity index (χ2n) is 5.38. The van der Waals surface area contributed by atoms with Gasteiger partial charge in [0.05, 0.1) is 12.0 Å². The first kappa shape index (κ1) is 16.0. The monoisotopic (exact) mass is 296 g/mol. The maximum absolute atomic E-state index is 10.9. The highest BCUT2D eigenvalue weighted by Gasteiger charge is 2.13. The average Bonchev–Trinajstić information content (AvgIpc) is 2.57. The first-order valence-electron chi connectivity index (χ1n) is 7.56. The molecule has 0 radical (unpaired) electrons. The molecule has 0 aliphatic rings. The predicted octanol–water partition coefficient (Wildman–Crippen LogP) is 3.90. The van der Waals surface area contributed by atoms with Crippen LogP contribution in [-0.2, 0) is 4.79 Å². The van der Waals surface area contributed by atoms with Gasteiger partial charge >= 0.3 is 0 Å². The van der Waals surface area contributed by atoms with Gasteiger partial charge in [-0.3, -0.25) is 10.0 Å². The van der Waals surface area contributed by atoms with Gasteiger partial charge in [-0.2, -0.15) is 5.26 Å². The van der Waals surface area contributed by atoms with Crippen molar-refractivity contribution in [2.75, 3.05) is 0 Å². The van der Waals surface area contributed by atoms with Crippen LogP contribution in [0, 0.1) is 11.3 Å². The van der Waals surface area contributed by atoms with Gasteiger partial charge in [0.25, 0.3) is 0 Å². The number of nitriles is 1. The standard InChI is InChI=1S/C18H20N2O2/c19-13-15(8-2-1-3-12-18(21)20-22)17-11-6-9-14-7-4-5-10-16(14)17/h4-7,9-11,15,22H,1-3,8,12H2,(H,20,21). The molecule has 4 heteroatoms. The molecule has 114 valence electrons. The van der Waals surface area contributed by atoms with Crippen LogP contribution in [0.4, 0.5) is 0 Å². The third kappa shape index (κ3) is 4.06. The number of rotatable bonds is 7. The van der Waals surface area contributed by atoms with E-state index in [1.807, 2.05) is 24.3 Å². The van der Waals surface area contributed by atoms with Crippen LogP contribution in [0.25, 0.3) is 10.8 Å². The lowest BCUT2D eigenvalue weighted by molar-refractivity contribution is -0.129. The Morgan fingerprint density at radius 3 is 2.68 bits per heavy atom. The zero-order valence-corrected chi connectivity index (χ0v) is 12.5. The molecule has 0 aliphatic heterocycles. The summed E-state index contributed by atoms with van der Waals surface area (Å²) in [4.78, 5) is 10.9. The topological polar surface area (TPSA) is 73.1 Å². The predicted molar refractivity (Wildman–Crippen MR) is 85.3 cm³/mol. The quantitative estimate of drug-likeness (QED) is 0.462. The van der Waals surface area contributed by atoms with Gasteiger partial charge in [-0.1, -0.05) is 55.3 Å². The van der Waals surface area contributed by atoms with Crippen molar-refractivity contribution >= 4 is 16.7 Å². The number of hydroxylamine groups is 1. The summed E-state index contributed by atoms with van der Waals surface area (Å²) in [5.74, 6) is -0.483. The molecule has 22 heavy (non-hydrogen) atoms. The zero-order chi connectivity index (χ0) is 15.8. The fraction of sp³-hybridized carbons (Fsp3) is 0.333. The molecule has 2 aromatic carbocycles. The third-order valence-electron chi connectivity index (χ3n) is 3.88. The minimum absolute atomic E-state index is 0.127. The van der Waals surface area contributed by atoms with E-state index in [4.69, 9.17) is 5.21 Å². The largest absolute Gasteiger partial charge is 0.289 e. The Balaban J connectivity index is 1.97. The molecule has 0 aromatic heterocycles. The van der Waals surface area contributed by atoms with E-state index >= 15 is 0 Å². The number of benzene rings is 2. The average molecular weight is 296 g/mol. The van der Waals surface area contributed by atoms with Crippen LogP contribution in [-0.4, -0.2) is 11.1 Å². The van der Waals surface area contributed by atoms with Gasteiger partial charge in [0, 0.05) is 6.42 Å². The van der Waals surface area contributed by atoms with Crippen molar-refractivity contribution in [3.63, 3.8) is 0 Å². The molecule has 1 unspecified atom stereocenters. The second-order valence-corrected chi connectivity index (χ2v) is 5.38. The first-order chi connectivity index (χ1) is 10.8. The van der Waals surface area contributed by atoms with Gasteiger partial charge in [-0.05, 0) is 29.2 Å². The lowest BCUT2D eigenvalue weighted by atomic mass is 9.90. The van der Waals surface area contributed by atoms with Gasteiger partial charge in [0.2, 0.25) is 5.91 Å². The number of carbonyl (C=O) groups excluding carboxylic acids is 1. The summed E-state index contributed by atoms with van der Waals surface area (Å²) in [5.41, 5.74) is 2.71. The van der Waals surface area contributed by atoms with Crippen LogP contribution in [0.1, 0.15) is 43.6 Å². The number of nitrogens with one attached hydrogen (secondary N) is 1. The van der Waals surface area contributed by atoms with Crippen LogP contribution < -0.4 is 5.48 Å². The molecule has 4 nitrogen and oxygen atoms in total. The van der Waals surface area contributed by atoms with E-state index in [9.17, 15) is 10.1 Å². The fourth-order valence-corrected chi connectivity index (χ4v) is 2.71.